The number of aryl methyl sites for hydroxylation is 1. The van der Waals surface area contributed by atoms with E-state index in [0.29, 0.717) is 17.0 Å². The highest BCUT2D eigenvalue weighted by molar-refractivity contribution is 6.00. The maximum absolute atomic E-state index is 12.3. The average Bonchev–Trinajstić information content (AvgIpc) is 2.47. The van der Waals surface area contributed by atoms with Crippen molar-refractivity contribution in [3.05, 3.63) is 53.6 Å². The first kappa shape index (κ1) is 13.2. The largest absolute Gasteiger partial charge is 0.496 e. The van der Waals surface area contributed by atoms with E-state index in [9.17, 15) is 4.79 Å². The van der Waals surface area contributed by atoms with Gasteiger partial charge in [0.15, 0.2) is 5.78 Å². The molecule has 1 aromatic carbocycles. The third-order valence-electron chi connectivity index (χ3n) is 2.96. The number of ether oxygens (including phenoxy) is 1. The molecule has 0 bridgehead atoms. The van der Waals surface area contributed by atoms with Crippen LogP contribution in [0, 0.1) is 0 Å². The van der Waals surface area contributed by atoms with Crippen LogP contribution in [0.4, 0.5) is 0 Å². The number of ketones is 1. The molecule has 0 radical (unpaired) electrons. The molecule has 98 valence electrons. The van der Waals surface area contributed by atoms with Crippen molar-refractivity contribution in [1.29, 1.82) is 0 Å². The molecule has 0 aliphatic heterocycles. The van der Waals surface area contributed by atoms with Gasteiger partial charge in [-0.1, -0.05) is 13.0 Å². The number of Topliss-reactive ketones (excluding diaryl/α,β-unsaturated/α-hetero) is 1. The SMILES string of the molecule is CCc1ccc(OC)c(C(=O)Cc2ccncn2)c1. The summed E-state index contributed by atoms with van der Waals surface area (Å²) in [6, 6.07) is 7.45. The Morgan fingerprint density at radius 1 is 1.32 bits per heavy atom. The second-order valence-corrected chi connectivity index (χ2v) is 4.19. The Kier molecular flexibility index (Phi) is 4.23. The van der Waals surface area contributed by atoms with Crippen molar-refractivity contribution in [2.45, 2.75) is 19.8 Å². The Labute approximate surface area is 112 Å². The molecule has 2 rings (SSSR count). The maximum Gasteiger partial charge on any atom is 0.172 e. The van der Waals surface area contributed by atoms with Crippen molar-refractivity contribution in [1.82, 2.24) is 9.97 Å². The number of rotatable bonds is 5. The van der Waals surface area contributed by atoms with E-state index < -0.39 is 0 Å². The normalized spacial score (nSPS) is 10.2. The highest BCUT2D eigenvalue weighted by Gasteiger charge is 2.14. The average molecular weight is 256 g/mol. The Balaban J connectivity index is 2.27. The van der Waals surface area contributed by atoms with Crippen molar-refractivity contribution in [3.63, 3.8) is 0 Å². The Morgan fingerprint density at radius 3 is 2.79 bits per heavy atom. The number of benzene rings is 1. The maximum atomic E-state index is 12.3. The molecule has 1 heterocycles. The van der Waals surface area contributed by atoms with Crippen LogP contribution in [0.15, 0.2) is 36.8 Å². The first-order chi connectivity index (χ1) is 9.24. The fourth-order valence-corrected chi connectivity index (χ4v) is 1.88. The third kappa shape index (κ3) is 3.16. The number of carbonyl (C=O) groups is 1. The van der Waals surface area contributed by atoms with Crippen LogP contribution in [-0.2, 0) is 12.8 Å². The van der Waals surface area contributed by atoms with Crippen LogP contribution in [-0.4, -0.2) is 22.9 Å². The number of nitrogens with zero attached hydrogens (tertiary/aromatic N) is 2. The van der Waals surface area contributed by atoms with Crippen molar-refractivity contribution < 1.29 is 9.53 Å². The van der Waals surface area contributed by atoms with Gasteiger partial charge in [0.25, 0.3) is 0 Å². The number of aromatic nitrogens is 2. The zero-order valence-electron chi connectivity index (χ0n) is 11.1. The summed E-state index contributed by atoms with van der Waals surface area (Å²) in [4.78, 5) is 20.2. The molecule has 0 atom stereocenters. The zero-order valence-corrected chi connectivity index (χ0v) is 11.1. The fraction of sp³-hybridized carbons (Fsp3) is 0.267. The predicted molar refractivity (Wildman–Crippen MR) is 72.4 cm³/mol. The molecule has 0 unspecified atom stereocenters. The molecular weight excluding hydrogens is 240 g/mol. The molecule has 0 fully saturated rings. The van der Waals surface area contributed by atoms with Crippen LogP contribution in [0.25, 0.3) is 0 Å². The van der Waals surface area contributed by atoms with Gasteiger partial charge < -0.3 is 4.74 Å². The lowest BCUT2D eigenvalue weighted by Gasteiger charge is -2.09. The molecule has 0 N–H and O–H groups in total. The van der Waals surface area contributed by atoms with Gasteiger partial charge in [-0.05, 0) is 30.2 Å². The van der Waals surface area contributed by atoms with Crippen LogP contribution >= 0.6 is 0 Å². The minimum atomic E-state index is 0.00542. The summed E-state index contributed by atoms with van der Waals surface area (Å²) < 4.78 is 5.25. The second kappa shape index (κ2) is 6.09. The van der Waals surface area contributed by atoms with Gasteiger partial charge >= 0.3 is 0 Å². The molecule has 0 saturated heterocycles. The third-order valence-corrected chi connectivity index (χ3v) is 2.96. The summed E-state index contributed by atoms with van der Waals surface area (Å²) >= 11 is 0. The van der Waals surface area contributed by atoms with Gasteiger partial charge in [0, 0.05) is 6.20 Å². The smallest absolute Gasteiger partial charge is 0.172 e. The van der Waals surface area contributed by atoms with Gasteiger partial charge in [0.2, 0.25) is 0 Å². The molecule has 0 aliphatic carbocycles. The van der Waals surface area contributed by atoms with Gasteiger partial charge in [0.05, 0.1) is 24.8 Å². The van der Waals surface area contributed by atoms with E-state index in [-0.39, 0.29) is 12.2 Å². The van der Waals surface area contributed by atoms with Crippen LogP contribution in [0.2, 0.25) is 0 Å². The number of methoxy groups -OCH3 is 1. The van der Waals surface area contributed by atoms with E-state index in [2.05, 4.69) is 16.9 Å². The summed E-state index contributed by atoms with van der Waals surface area (Å²) in [6.07, 6.45) is 4.22. The quantitative estimate of drug-likeness (QED) is 0.771. The highest BCUT2D eigenvalue weighted by Crippen LogP contribution is 2.21. The van der Waals surface area contributed by atoms with E-state index in [4.69, 9.17) is 4.74 Å². The molecule has 0 spiro atoms. The lowest BCUT2D eigenvalue weighted by atomic mass is 10.0. The zero-order chi connectivity index (χ0) is 13.7. The highest BCUT2D eigenvalue weighted by atomic mass is 16.5. The van der Waals surface area contributed by atoms with Crippen molar-refractivity contribution >= 4 is 5.78 Å². The van der Waals surface area contributed by atoms with Gasteiger partial charge in [-0.2, -0.15) is 0 Å². The standard InChI is InChI=1S/C15H16N2O2/c1-3-11-4-5-15(19-2)13(8-11)14(18)9-12-6-7-16-10-17-12/h4-8,10H,3,9H2,1-2H3. The second-order valence-electron chi connectivity index (χ2n) is 4.19. The van der Waals surface area contributed by atoms with Crippen molar-refractivity contribution in [2.75, 3.05) is 7.11 Å². The minimum absolute atomic E-state index is 0.00542. The Bertz CT molecular complexity index is 568. The Hall–Kier alpha value is -2.23. The van der Waals surface area contributed by atoms with Crippen LogP contribution in [0.5, 0.6) is 5.75 Å². The lowest BCUT2D eigenvalue weighted by Crippen LogP contribution is -2.07. The number of hydrogen-bond acceptors (Lipinski definition) is 4. The number of hydrogen-bond donors (Lipinski definition) is 0. The molecule has 0 saturated carbocycles. The summed E-state index contributed by atoms with van der Waals surface area (Å²) in [6.45, 7) is 2.06. The topological polar surface area (TPSA) is 52.1 Å². The summed E-state index contributed by atoms with van der Waals surface area (Å²) in [5.74, 6) is 0.613. The molecule has 2 aromatic rings. The van der Waals surface area contributed by atoms with Crippen LogP contribution < -0.4 is 4.74 Å². The molecule has 4 nitrogen and oxygen atoms in total. The van der Waals surface area contributed by atoms with Crippen molar-refractivity contribution in [3.8, 4) is 5.75 Å². The van der Waals surface area contributed by atoms with Gasteiger partial charge in [-0.25, -0.2) is 9.97 Å². The summed E-state index contributed by atoms with van der Waals surface area (Å²) in [7, 11) is 1.57. The summed E-state index contributed by atoms with van der Waals surface area (Å²) in [5, 5.41) is 0. The first-order valence-corrected chi connectivity index (χ1v) is 6.19. The van der Waals surface area contributed by atoms with Gasteiger partial charge in [-0.15, -0.1) is 0 Å². The first-order valence-electron chi connectivity index (χ1n) is 6.19. The van der Waals surface area contributed by atoms with E-state index in [1.807, 2.05) is 18.2 Å². The molecule has 19 heavy (non-hydrogen) atoms. The van der Waals surface area contributed by atoms with Crippen molar-refractivity contribution in [2.24, 2.45) is 0 Å². The molecule has 0 aliphatic rings. The fourth-order valence-electron chi connectivity index (χ4n) is 1.88. The predicted octanol–water partition coefficient (Wildman–Crippen LogP) is 2.47. The lowest BCUT2D eigenvalue weighted by molar-refractivity contribution is 0.0989. The summed E-state index contributed by atoms with van der Waals surface area (Å²) in [5.41, 5.74) is 2.44. The monoisotopic (exact) mass is 256 g/mol. The minimum Gasteiger partial charge on any atom is -0.496 e. The molecule has 4 heteroatoms. The van der Waals surface area contributed by atoms with E-state index in [0.717, 1.165) is 12.0 Å². The van der Waals surface area contributed by atoms with E-state index in [1.165, 1.54) is 6.33 Å². The molecule has 1 aromatic heterocycles. The van der Waals surface area contributed by atoms with Gasteiger partial charge in [0.1, 0.15) is 12.1 Å². The molecule has 0 amide bonds. The number of carbonyl (C=O) groups excluding carboxylic acids is 1. The Morgan fingerprint density at radius 2 is 2.16 bits per heavy atom. The van der Waals surface area contributed by atoms with Crippen LogP contribution in [0.3, 0.4) is 0 Å². The van der Waals surface area contributed by atoms with E-state index >= 15 is 0 Å². The molecular formula is C15H16N2O2. The van der Waals surface area contributed by atoms with Gasteiger partial charge in [-0.3, -0.25) is 4.79 Å². The van der Waals surface area contributed by atoms with E-state index in [1.54, 1.807) is 19.4 Å². The van der Waals surface area contributed by atoms with Crippen LogP contribution in [0.1, 0.15) is 28.5 Å².